The van der Waals surface area contributed by atoms with Gasteiger partial charge in [0.1, 0.15) is 5.75 Å². The fourth-order valence-corrected chi connectivity index (χ4v) is 1.85. The van der Waals surface area contributed by atoms with Gasteiger partial charge in [0.15, 0.2) is 0 Å². The van der Waals surface area contributed by atoms with E-state index in [4.69, 9.17) is 34.8 Å². The second kappa shape index (κ2) is 4.50. The zero-order valence-electron chi connectivity index (χ0n) is 7.92. The molecule has 16 heavy (non-hydrogen) atoms. The fraction of sp³-hybridized carbons (Fsp3) is 0. The second-order valence-corrected chi connectivity index (χ2v) is 4.29. The summed E-state index contributed by atoms with van der Waals surface area (Å²) in [4.78, 5) is 4.11. The molecule has 2 nitrogen and oxygen atoms in total. The van der Waals surface area contributed by atoms with E-state index in [0.717, 1.165) is 5.56 Å². The van der Waals surface area contributed by atoms with Crippen LogP contribution in [0.15, 0.2) is 30.5 Å². The van der Waals surface area contributed by atoms with E-state index in [2.05, 4.69) is 4.98 Å². The lowest BCUT2D eigenvalue weighted by Crippen LogP contribution is -1.86. The van der Waals surface area contributed by atoms with Crippen LogP contribution in [0.25, 0.3) is 11.3 Å². The van der Waals surface area contributed by atoms with Crippen molar-refractivity contribution >= 4 is 34.8 Å². The van der Waals surface area contributed by atoms with Crippen molar-refractivity contribution in [1.29, 1.82) is 0 Å². The maximum absolute atomic E-state index is 9.17. The molecule has 0 bridgehead atoms. The van der Waals surface area contributed by atoms with Crippen LogP contribution in [0.3, 0.4) is 0 Å². The minimum atomic E-state index is 0.180. The summed E-state index contributed by atoms with van der Waals surface area (Å²) in [6, 6.07) is 6.51. The van der Waals surface area contributed by atoms with Crippen LogP contribution >= 0.6 is 34.8 Å². The Hall–Kier alpha value is -0.960. The van der Waals surface area contributed by atoms with Crippen molar-refractivity contribution in [2.45, 2.75) is 0 Å². The third-order valence-corrected chi connectivity index (χ3v) is 3.30. The summed E-state index contributed by atoms with van der Waals surface area (Å²) in [6.07, 6.45) is 1.44. The highest BCUT2D eigenvalue weighted by Crippen LogP contribution is 2.36. The van der Waals surface area contributed by atoms with E-state index >= 15 is 0 Å². The Balaban J connectivity index is 2.57. The molecule has 0 unspecified atom stereocenters. The van der Waals surface area contributed by atoms with Gasteiger partial charge in [0.2, 0.25) is 0 Å². The van der Waals surface area contributed by atoms with Crippen molar-refractivity contribution in [3.05, 3.63) is 45.5 Å². The second-order valence-electron chi connectivity index (χ2n) is 3.13. The van der Waals surface area contributed by atoms with Crippen molar-refractivity contribution in [3.63, 3.8) is 0 Å². The Morgan fingerprint density at radius 1 is 0.938 bits per heavy atom. The van der Waals surface area contributed by atoms with E-state index in [9.17, 15) is 5.11 Å². The molecule has 0 aliphatic heterocycles. The van der Waals surface area contributed by atoms with Gasteiger partial charge in [-0.2, -0.15) is 0 Å². The highest BCUT2D eigenvalue weighted by Gasteiger charge is 2.11. The van der Waals surface area contributed by atoms with Gasteiger partial charge in [-0.15, -0.1) is 0 Å². The number of halogens is 3. The number of phenolic OH excluding ortho intramolecular Hbond substituents is 1. The van der Waals surface area contributed by atoms with E-state index in [1.54, 1.807) is 24.3 Å². The molecule has 5 heteroatoms. The van der Waals surface area contributed by atoms with Gasteiger partial charge >= 0.3 is 0 Å². The first-order chi connectivity index (χ1) is 7.59. The molecule has 0 radical (unpaired) electrons. The standard InChI is InChI=1S/C11H6Cl3NO/c12-8-5-15-11(10(14)9(8)13)6-1-3-7(16)4-2-6/h1-5,16H. The lowest BCUT2D eigenvalue weighted by molar-refractivity contribution is 0.475. The lowest BCUT2D eigenvalue weighted by Gasteiger charge is -2.06. The van der Waals surface area contributed by atoms with Crippen LogP contribution in [-0.2, 0) is 0 Å². The van der Waals surface area contributed by atoms with Crippen LogP contribution in [0.4, 0.5) is 0 Å². The summed E-state index contributed by atoms with van der Waals surface area (Å²) >= 11 is 17.7. The van der Waals surface area contributed by atoms with Gasteiger partial charge in [-0.3, -0.25) is 4.98 Å². The van der Waals surface area contributed by atoms with Gasteiger partial charge in [0.05, 0.1) is 20.8 Å². The van der Waals surface area contributed by atoms with E-state index < -0.39 is 0 Å². The molecule has 0 amide bonds. The first-order valence-corrected chi connectivity index (χ1v) is 5.52. The topological polar surface area (TPSA) is 33.1 Å². The zero-order valence-corrected chi connectivity index (χ0v) is 10.2. The highest BCUT2D eigenvalue weighted by atomic mass is 35.5. The van der Waals surface area contributed by atoms with Crippen LogP contribution in [0, 0.1) is 0 Å². The molecule has 0 aliphatic carbocycles. The molecule has 1 aromatic heterocycles. The van der Waals surface area contributed by atoms with Crippen LogP contribution in [0.5, 0.6) is 5.75 Å². The molecule has 0 saturated heterocycles. The Morgan fingerprint density at radius 3 is 2.19 bits per heavy atom. The summed E-state index contributed by atoms with van der Waals surface area (Å²) in [5.41, 5.74) is 1.30. The molecule has 0 spiro atoms. The Kier molecular flexibility index (Phi) is 3.24. The largest absolute Gasteiger partial charge is 0.508 e. The number of hydrogen-bond donors (Lipinski definition) is 1. The molecule has 1 heterocycles. The number of aromatic hydroxyl groups is 1. The number of aromatic nitrogens is 1. The monoisotopic (exact) mass is 273 g/mol. The molecule has 0 saturated carbocycles. The first kappa shape index (κ1) is 11.5. The molecule has 2 aromatic rings. The summed E-state index contributed by atoms with van der Waals surface area (Å²) in [7, 11) is 0. The Morgan fingerprint density at radius 2 is 1.56 bits per heavy atom. The quantitative estimate of drug-likeness (QED) is 0.835. The van der Waals surface area contributed by atoms with Crippen LogP contribution in [0.2, 0.25) is 15.1 Å². The lowest BCUT2D eigenvalue weighted by atomic mass is 10.1. The predicted octanol–water partition coefficient (Wildman–Crippen LogP) is 4.41. The van der Waals surface area contributed by atoms with Gasteiger partial charge < -0.3 is 5.11 Å². The number of benzene rings is 1. The number of hydrogen-bond acceptors (Lipinski definition) is 2. The molecular weight excluding hydrogens is 268 g/mol. The summed E-state index contributed by atoms with van der Waals surface area (Å²) in [5, 5.41) is 10.1. The molecule has 82 valence electrons. The predicted molar refractivity (Wildman–Crippen MR) is 66.4 cm³/mol. The van der Waals surface area contributed by atoms with Gasteiger partial charge in [0, 0.05) is 11.8 Å². The maximum atomic E-state index is 9.17. The molecule has 1 N–H and O–H groups in total. The van der Waals surface area contributed by atoms with Crippen LogP contribution < -0.4 is 0 Å². The van der Waals surface area contributed by atoms with E-state index in [-0.39, 0.29) is 10.8 Å². The van der Waals surface area contributed by atoms with Gasteiger partial charge in [-0.25, -0.2) is 0 Å². The third-order valence-electron chi connectivity index (χ3n) is 2.06. The SMILES string of the molecule is Oc1ccc(-c2ncc(Cl)c(Cl)c2Cl)cc1. The molecule has 2 rings (SSSR count). The maximum Gasteiger partial charge on any atom is 0.115 e. The molecule has 0 atom stereocenters. The summed E-state index contributed by atoms with van der Waals surface area (Å²) in [6.45, 7) is 0. The van der Waals surface area contributed by atoms with Crippen molar-refractivity contribution in [3.8, 4) is 17.0 Å². The average molecular weight is 275 g/mol. The highest BCUT2D eigenvalue weighted by molar-refractivity contribution is 6.48. The minimum Gasteiger partial charge on any atom is -0.508 e. The van der Waals surface area contributed by atoms with Crippen LogP contribution in [-0.4, -0.2) is 10.1 Å². The zero-order chi connectivity index (χ0) is 11.7. The molecule has 0 aliphatic rings. The third kappa shape index (κ3) is 2.09. The van der Waals surface area contributed by atoms with E-state index in [0.29, 0.717) is 15.7 Å². The summed E-state index contributed by atoms with van der Waals surface area (Å²) < 4.78 is 0. The molecule has 1 aromatic carbocycles. The van der Waals surface area contributed by atoms with Crippen molar-refractivity contribution in [1.82, 2.24) is 4.98 Å². The fourth-order valence-electron chi connectivity index (χ4n) is 1.26. The average Bonchev–Trinajstić information content (AvgIpc) is 2.28. The number of pyridine rings is 1. The first-order valence-electron chi connectivity index (χ1n) is 4.38. The van der Waals surface area contributed by atoms with Gasteiger partial charge in [-0.1, -0.05) is 34.8 Å². The van der Waals surface area contributed by atoms with E-state index in [1.165, 1.54) is 6.20 Å². The molecular formula is C11H6Cl3NO. The number of phenols is 1. The van der Waals surface area contributed by atoms with Crippen molar-refractivity contribution in [2.24, 2.45) is 0 Å². The summed E-state index contributed by atoms with van der Waals surface area (Å²) in [5.74, 6) is 0.180. The van der Waals surface area contributed by atoms with Gasteiger partial charge in [-0.05, 0) is 24.3 Å². The Labute approximate surface area is 107 Å². The van der Waals surface area contributed by atoms with Crippen LogP contribution in [0.1, 0.15) is 0 Å². The smallest absolute Gasteiger partial charge is 0.115 e. The number of rotatable bonds is 1. The minimum absolute atomic E-state index is 0.180. The van der Waals surface area contributed by atoms with Crippen molar-refractivity contribution in [2.75, 3.05) is 0 Å². The normalized spacial score (nSPS) is 10.4. The Bertz CT molecular complexity index is 525. The number of nitrogens with zero attached hydrogens (tertiary/aromatic N) is 1. The van der Waals surface area contributed by atoms with Crippen molar-refractivity contribution < 1.29 is 5.11 Å². The van der Waals surface area contributed by atoms with Gasteiger partial charge in [0.25, 0.3) is 0 Å². The molecule has 0 fully saturated rings. The van der Waals surface area contributed by atoms with E-state index in [1.807, 2.05) is 0 Å².